The van der Waals surface area contributed by atoms with E-state index in [1.807, 2.05) is 0 Å². The Labute approximate surface area is 600 Å². The first-order chi connectivity index (χ1) is 47.4. The van der Waals surface area contributed by atoms with Crippen molar-refractivity contribution < 1.29 is 80.2 Å². The van der Waals surface area contributed by atoms with Crippen molar-refractivity contribution >= 4 is 39.5 Å². The van der Waals surface area contributed by atoms with E-state index in [-0.39, 0.29) is 25.7 Å². The van der Waals surface area contributed by atoms with Gasteiger partial charge in [-0.3, -0.25) is 37.3 Å². The smallest absolute Gasteiger partial charge is 0.462 e. The molecule has 0 rings (SSSR count). The quantitative estimate of drug-likeness (QED) is 0.0222. The number of aliphatic hydroxyl groups is 1. The zero-order valence-corrected chi connectivity index (χ0v) is 65.9. The van der Waals surface area contributed by atoms with E-state index in [0.29, 0.717) is 25.7 Å². The molecule has 0 aromatic carbocycles. The Morgan fingerprint density at radius 1 is 0.296 bits per heavy atom. The van der Waals surface area contributed by atoms with Crippen LogP contribution in [0.4, 0.5) is 0 Å². The predicted octanol–water partition coefficient (Wildman–Crippen LogP) is 23.5. The van der Waals surface area contributed by atoms with Crippen molar-refractivity contribution in [3.05, 3.63) is 0 Å². The van der Waals surface area contributed by atoms with Crippen LogP contribution in [0, 0.1) is 11.8 Å². The monoisotopic (exact) mass is 1440 g/mol. The van der Waals surface area contributed by atoms with Gasteiger partial charge in [-0.05, 0) is 37.5 Å². The van der Waals surface area contributed by atoms with Gasteiger partial charge in [-0.1, -0.05) is 363 Å². The normalized spacial score (nSPS) is 14.2. The van der Waals surface area contributed by atoms with Crippen LogP contribution >= 0.6 is 15.6 Å². The summed E-state index contributed by atoms with van der Waals surface area (Å²) in [6.45, 7) is 9.68. The lowest BCUT2D eigenvalue weighted by Crippen LogP contribution is -2.30. The summed E-state index contributed by atoms with van der Waals surface area (Å²) in [6.07, 6.45) is 59.6. The highest BCUT2D eigenvalue weighted by Crippen LogP contribution is 2.45. The lowest BCUT2D eigenvalue weighted by Gasteiger charge is -2.21. The van der Waals surface area contributed by atoms with Crippen molar-refractivity contribution in [1.82, 2.24) is 0 Å². The van der Waals surface area contributed by atoms with Crippen molar-refractivity contribution in [2.45, 2.75) is 432 Å². The van der Waals surface area contributed by atoms with Crippen LogP contribution in [-0.2, 0) is 65.4 Å². The Morgan fingerprint density at radius 3 is 0.776 bits per heavy atom. The van der Waals surface area contributed by atoms with Gasteiger partial charge in [0.05, 0.1) is 26.4 Å². The summed E-state index contributed by atoms with van der Waals surface area (Å²) >= 11 is 0. The predicted molar refractivity (Wildman–Crippen MR) is 400 cm³/mol. The molecule has 0 heterocycles. The summed E-state index contributed by atoms with van der Waals surface area (Å²) < 4.78 is 68.6. The highest BCUT2D eigenvalue weighted by Gasteiger charge is 2.30. The van der Waals surface area contributed by atoms with E-state index in [2.05, 4.69) is 41.5 Å². The van der Waals surface area contributed by atoms with Gasteiger partial charge in [-0.25, -0.2) is 9.13 Å². The van der Waals surface area contributed by atoms with Crippen LogP contribution in [0.3, 0.4) is 0 Å². The molecule has 0 saturated carbocycles. The summed E-state index contributed by atoms with van der Waals surface area (Å²) in [6, 6.07) is 0. The summed E-state index contributed by atoms with van der Waals surface area (Å²) in [4.78, 5) is 72.8. The zero-order valence-electron chi connectivity index (χ0n) is 64.1. The van der Waals surface area contributed by atoms with Crippen LogP contribution in [0.2, 0.25) is 0 Å². The second-order valence-electron chi connectivity index (χ2n) is 29.2. The van der Waals surface area contributed by atoms with E-state index < -0.39 is 97.5 Å². The van der Waals surface area contributed by atoms with Gasteiger partial charge < -0.3 is 33.8 Å². The highest BCUT2D eigenvalue weighted by atomic mass is 31.2. The molecule has 582 valence electrons. The van der Waals surface area contributed by atoms with Crippen molar-refractivity contribution in [3.63, 3.8) is 0 Å². The van der Waals surface area contributed by atoms with Gasteiger partial charge in [0.2, 0.25) is 0 Å². The number of carbonyl (C=O) groups excluding carboxylic acids is 4. The first kappa shape index (κ1) is 96.1. The van der Waals surface area contributed by atoms with Gasteiger partial charge in [0, 0.05) is 25.7 Å². The molecular weight excluding hydrogens is 1280 g/mol. The van der Waals surface area contributed by atoms with Crippen molar-refractivity contribution in [3.8, 4) is 0 Å². The fraction of sp³-hybridized carbons (Fsp3) is 0.949. The maximum Gasteiger partial charge on any atom is 0.472 e. The Balaban J connectivity index is 5.20. The molecule has 98 heavy (non-hydrogen) atoms. The highest BCUT2D eigenvalue weighted by molar-refractivity contribution is 7.47. The molecule has 3 N–H and O–H groups in total. The van der Waals surface area contributed by atoms with Gasteiger partial charge in [0.25, 0.3) is 0 Å². The van der Waals surface area contributed by atoms with Crippen LogP contribution < -0.4 is 0 Å². The molecule has 0 spiro atoms. The second kappa shape index (κ2) is 70.7. The third-order valence-electron chi connectivity index (χ3n) is 18.8. The lowest BCUT2D eigenvalue weighted by atomic mass is 9.99. The third-order valence-corrected chi connectivity index (χ3v) is 20.7. The van der Waals surface area contributed by atoms with E-state index in [9.17, 15) is 43.2 Å². The van der Waals surface area contributed by atoms with Crippen LogP contribution in [0.15, 0.2) is 0 Å². The average Bonchev–Trinajstić information content (AvgIpc) is 1.01. The van der Waals surface area contributed by atoms with Crippen LogP contribution in [-0.4, -0.2) is 96.7 Å². The van der Waals surface area contributed by atoms with Crippen LogP contribution in [0.25, 0.3) is 0 Å². The van der Waals surface area contributed by atoms with Crippen LogP contribution in [0.5, 0.6) is 0 Å². The largest absolute Gasteiger partial charge is 0.472 e. The van der Waals surface area contributed by atoms with Gasteiger partial charge in [0.1, 0.15) is 19.3 Å². The molecule has 19 heteroatoms. The number of hydrogen-bond acceptors (Lipinski definition) is 15. The summed E-state index contributed by atoms with van der Waals surface area (Å²) in [5.41, 5.74) is 0. The van der Waals surface area contributed by atoms with Crippen molar-refractivity contribution in [2.75, 3.05) is 39.6 Å². The van der Waals surface area contributed by atoms with Gasteiger partial charge in [-0.2, -0.15) is 0 Å². The number of aliphatic hydroxyl groups excluding tert-OH is 1. The average molecular weight is 1440 g/mol. The van der Waals surface area contributed by atoms with Gasteiger partial charge in [0.15, 0.2) is 12.2 Å². The minimum Gasteiger partial charge on any atom is -0.462 e. The molecule has 0 aliphatic carbocycles. The minimum atomic E-state index is -4.96. The van der Waals surface area contributed by atoms with Gasteiger partial charge in [-0.15, -0.1) is 0 Å². The number of ether oxygens (including phenoxy) is 4. The molecule has 0 aliphatic rings. The summed E-state index contributed by atoms with van der Waals surface area (Å²) in [7, 11) is -9.91. The van der Waals surface area contributed by atoms with Crippen molar-refractivity contribution in [2.24, 2.45) is 11.8 Å². The zero-order chi connectivity index (χ0) is 72.1. The molecule has 0 aromatic rings. The summed E-state index contributed by atoms with van der Waals surface area (Å²) in [5.74, 6) is -0.453. The van der Waals surface area contributed by atoms with E-state index in [1.165, 1.54) is 225 Å². The van der Waals surface area contributed by atoms with E-state index in [4.69, 9.17) is 37.0 Å². The Kier molecular flexibility index (Phi) is 69.3. The second-order valence-corrected chi connectivity index (χ2v) is 32.1. The van der Waals surface area contributed by atoms with Crippen LogP contribution in [0.1, 0.15) is 414 Å². The number of hydrogen-bond donors (Lipinski definition) is 3. The topological polar surface area (TPSA) is 237 Å². The standard InChI is InChI=1S/C79H154O17P2/c1-7-10-12-14-16-18-19-26-34-39-45-51-57-63-78(83)95-74(67-89-76(81)61-55-49-43-17-15-13-11-8-2)69-93-97(85,86)91-65-73(80)66-92-98(87,88)94-70-75(68-90-77(82)62-56-50-44-38-33-29-25-24-28-32-37-42-48-54-60-72(6)9-3)96-79(84)64-58-52-46-40-35-30-23-21-20-22-27-31-36-41-47-53-59-71(4)5/h71-75,80H,7-70H2,1-6H3,(H,85,86)(H,87,88)/t72?,73-,74+,75+/m0/s1. The van der Waals surface area contributed by atoms with E-state index in [0.717, 1.165) is 108 Å². The number of unbranched alkanes of at least 4 members (excludes halogenated alkanes) is 47. The Morgan fingerprint density at radius 2 is 0.520 bits per heavy atom. The lowest BCUT2D eigenvalue weighted by molar-refractivity contribution is -0.161. The maximum absolute atomic E-state index is 13.1. The molecule has 0 aliphatic heterocycles. The fourth-order valence-electron chi connectivity index (χ4n) is 12.2. The SMILES string of the molecule is CCCCCCCCCCCCCCCC(=O)O[C@H](COC(=O)CCCCCCCCCC)COP(=O)(O)OC[C@H](O)COP(=O)(O)OC[C@@H](COC(=O)CCCCCCCCCCCCCCCCC(C)CC)OC(=O)CCCCCCCCCCCCCCCCCCC(C)C. The molecule has 0 amide bonds. The molecular formula is C79H154O17P2. The number of esters is 4. The molecule has 0 saturated heterocycles. The molecule has 17 nitrogen and oxygen atoms in total. The molecule has 0 aromatic heterocycles. The Bertz CT molecular complexity index is 1890. The number of rotatable bonds is 78. The van der Waals surface area contributed by atoms with Gasteiger partial charge >= 0.3 is 39.5 Å². The molecule has 0 radical (unpaired) electrons. The maximum atomic E-state index is 13.1. The molecule has 0 fully saturated rings. The fourth-order valence-corrected chi connectivity index (χ4v) is 13.7. The first-order valence-electron chi connectivity index (χ1n) is 41.0. The van der Waals surface area contributed by atoms with E-state index in [1.54, 1.807) is 0 Å². The first-order valence-corrected chi connectivity index (χ1v) is 44.0. The Hall–Kier alpha value is -1.94. The number of phosphoric acid groups is 2. The molecule has 6 atom stereocenters. The molecule has 0 bridgehead atoms. The third kappa shape index (κ3) is 71.1. The van der Waals surface area contributed by atoms with E-state index >= 15 is 0 Å². The van der Waals surface area contributed by atoms with Crippen molar-refractivity contribution in [1.29, 1.82) is 0 Å². The summed E-state index contributed by atoms with van der Waals surface area (Å²) in [5, 5.41) is 10.6. The number of phosphoric ester groups is 2. The molecule has 3 unspecified atom stereocenters. The minimum absolute atomic E-state index is 0.108. The number of carbonyl (C=O) groups is 4.